The highest BCUT2D eigenvalue weighted by Gasteiger charge is 2.29. The molecule has 146 valence electrons. The standard InChI is InChI=1S/C22H34O3S/c1-5-17(4)20-10-6-18(7-11-20)14-22(23)21-12-8-19(9-13-21)15-26(24,25)16(2)3/h6-7,10-11,16-17,19,21H,5,8-9,12-15H2,1-4H3. The van der Waals surface area contributed by atoms with E-state index < -0.39 is 9.84 Å². The average molecular weight is 379 g/mol. The Morgan fingerprint density at radius 2 is 1.62 bits per heavy atom. The van der Waals surface area contributed by atoms with Crippen LogP contribution in [-0.4, -0.2) is 25.2 Å². The smallest absolute Gasteiger partial charge is 0.152 e. The summed E-state index contributed by atoms with van der Waals surface area (Å²) in [6.07, 6.45) is 5.00. The van der Waals surface area contributed by atoms with Gasteiger partial charge in [0.05, 0.1) is 11.0 Å². The summed E-state index contributed by atoms with van der Waals surface area (Å²) in [4.78, 5) is 12.6. The number of ketones is 1. The maximum atomic E-state index is 12.6. The summed E-state index contributed by atoms with van der Waals surface area (Å²) >= 11 is 0. The van der Waals surface area contributed by atoms with E-state index in [1.54, 1.807) is 13.8 Å². The topological polar surface area (TPSA) is 51.2 Å². The number of rotatable bonds is 8. The van der Waals surface area contributed by atoms with E-state index in [2.05, 4.69) is 38.1 Å². The molecule has 1 aromatic rings. The van der Waals surface area contributed by atoms with Crippen molar-refractivity contribution < 1.29 is 13.2 Å². The van der Waals surface area contributed by atoms with Crippen LogP contribution in [-0.2, 0) is 21.1 Å². The predicted octanol–water partition coefficient (Wildman–Crippen LogP) is 4.94. The van der Waals surface area contributed by atoms with Gasteiger partial charge in [0.2, 0.25) is 0 Å². The second-order valence-corrected chi connectivity index (χ2v) is 10.9. The van der Waals surface area contributed by atoms with Crippen molar-refractivity contribution >= 4 is 15.6 Å². The van der Waals surface area contributed by atoms with Gasteiger partial charge in [-0.05, 0) is 68.9 Å². The van der Waals surface area contributed by atoms with Gasteiger partial charge >= 0.3 is 0 Å². The van der Waals surface area contributed by atoms with Crippen molar-refractivity contribution in [2.75, 3.05) is 5.75 Å². The van der Waals surface area contributed by atoms with Crippen molar-refractivity contribution in [3.63, 3.8) is 0 Å². The Morgan fingerprint density at radius 3 is 2.12 bits per heavy atom. The van der Waals surface area contributed by atoms with Gasteiger partial charge in [0.15, 0.2) is 9.84 Å². The first kappa shape index (κ1) is 21.1. The van der Waals surface area contributed by atoms with Crippen LogP contribution in [0.1, 0.15) is 76.8 Å². The molecule has 0 aliphatic heterocycles. The van der Waals surface area contributed by atoms with Crippen LogP contribution in [0.5, 0.6) is 0 Å². The van der Waals surface area contributed by atoms with Crippen LogP contribution in [0.4, 0.5) is 0 Å². The third-order valence-electron chi connectivity index (χ3n) is 6.03. The van der Waals surface area contributed by atoms with Crippen molar-refractivity contribution in [1.29, 1.82) is 0 Å². The number of hydrogen-bond acceptors (Lipinski definition) is 3. The molecular formula is C22H34O3S. The van der Waals surface area contributed by atoms with E-state index in [9.17, 15) is 13.2 Å². The van der Waals surface area contributed by atoms with Crippen LogP contribution in [0.3, 0.4) is 0 Å². The van der Waals surface area contributed by atoms with Gasteiger partial charge in [0, 0.05) is 12.3 Å². The molecule has 0 saturated heterocycles. The van der Waals surface area contributed by atoms with Crippen molar-refractivity contribution in [2.45, 2.75) is 77.4 Å². The molecular weight excluding hydrogens is 344 g/mol. The van der Waals surface area contributed by atoms with E-state index >= 15 is 0 Å². The molecule has 1 unspecified atom stereocenters. The summed E-state index contributed by atoms with van der Waals surface area (Å²) in [7, 11) is -2.98. The highest BCUT2D eigenvalue weighted by Crippen LogP contribution is 2.31. The molecule has 0 spiro atoms. The van der Waals surface area contributed by atoms with Crippen LogP contribution in [0, 0.1) is 11.8 Å². The maximum absolute atomic E-state index is 12.6. The highest BCUT2D eigenvalue weighted by atomic mass is 32.2. The quantitative estimate of drug-likeness (QED) is 0.644. The van der Waals surface area contributed by atoms with Gasteiger partial charge in [-0.15, -0.1) is 0 Å². The normalized spacial score (nSPS) is 22.3. The van der Waals surface area contributed by atoms with Gasteiger partial charge < -0.3 is 0 Å². The van der Waals surface area contributed by atoms with Crippen molar-refractivity contribution in [2.24, 2.45) is 11.8 Å². The number of sulfone groups is 1. The molecule has 0 radical (unpaired) electrons. The van der Waals surface area contributed by atoms with Gasteiger partial charge in [0.25, 0.3) is 0 Å². The molecule has 1 fully saturated rings. The van der Waals surface area contributed by atoms with Crippen LogP contribution >= 0.6 is 0 Å². The van der Waals surface area contributed by atoms with E-state index in [1.807, 2.05) is 0 Å². The summed E-state index contributed by atoms with van der Waals surface area (Å²) in [6.45, 7) is 7.90. The Morgan fingerprint density at radius 1 is 1.04 bits per heavy atom. The molecule has 1 aliphatic rings. The molecule has 0 N–H and O–H groups in total. The number of benzene rings is 1. The zero-order chi connectivity index (χ0) is 19.3. The maximum Gasteiger partial charge on any atom is 0.152 e. The molecule has 0 heterocycles. The first-order chi connectivity index (χ1) is 12.2. The molecule has 26 heavy (non-hydrogen) atoms. The molecule has 0 amide bonds. The number of hydrogen-bond donors (Lipinski definition) is 0. The molecule has 4 heteroatoms. The van der Waals surface area contributed by atoms with Crippen molar-refractivity contribution in [3.8, 4) is 0 Å². The summed E-state index contributed by atoms with van der Waals surface area (Å²) in [5.74, 6) is 1.47. The Labute approximate surface area is 159 Å². The summed E-state index contributed by atoms with van der Waals surface area (Å²) in [6, 6.07) is 8.45. The van der Waals surface area contributed by atoms with E-state index in [1.165, 1.54) is 5.56 Å². The Kier molecular flexibility index (Phi) is 7.45. The van der Waals surface area contributed by atoms with E-state index in [4.69, 9.17) is 0 Å². The molecule has 0 bridgehead atoms. The fraction of sp³-hybridized carbons (Fsp3) is 0.682. The minimum Gasteiger partial charge on any atom is -0.299 e. The van der Waals surface area contributed by atoms with Crippen LogP contribution in [0.2, 0.25) is 0 Å². The Hall–Kier alpha value is -1.16. The molecule has 0 aromatic heterocycles. The lowest BCUT2D eigenvalue weighted by atomic mass is 9.79. The Balaban J connectivity index is 1.85. The average Bonchev–Trinajstić information content (AvgIpc) is 2.61. The summed E-state index contributed by atoms with van der Waals surface area (Å²) in [5.41, 5.74) is 2.42. The van der Waals surface area contributed by atoms with E-state index in [0.29, 0.717) is 18.1 Å². The zero-order valence-corrected chi connectivity index (χ0v) is 17.5. The molecule has 1 atom stereocenters. The fourth-order valence-electron chi connectivity index (χ4n) is 3.72. The zero-order valence-electron chi connectivity index (χ0n) is 16.7. The third-order valence-corrected chi connectivity index (χ3v) is 8.40. The third kappa shape index (κ3) is 5.67. The van der Waals surface area contributed by atoms with Gasteiger partial charge in [-0.25, -0.2) is 8.42 Å². The van der Waals surface area contributed by atoms with Crippen LogP contribution in [0.25, 0.3) is 0 Å². The van der Waals surface area contributed by atoms with Crippen LogP contribution in [0.15, 0.2) is 24.3 Å². The molecule has 3 nitrogen and oxygen atoms in total. The summed E-state index contributed by atoms with van der Waals surface area (Å²) in [5, 5.41) is -0.305. The van der Waals surface area contributed by atoms with Crippen molar-refractivity contribution in [1.82, 2.24) is 0 Å². The lowest BCUT2D eigenvalue weighted by Gasteiger charge is -2.28. The predicted molar refractivity (Wildman–Crippen MR) is 108 cm³/mol. The largest absolute Gasteiger partial charge is 0.299 e. The monoisotopic (exact) mass is 378 g/mol. The minimum atomic E-state index is -2.98. The molecule has 1 aliphatic carbocycles. The summed E-state index contributed by atoms with van der Waals surface area (Å²) < 4.78 is 24.2. The second-order valence-electron chi connectivity index (χ2n) is 8.29. The first-order valence-corrected chi connectivity index (χ1v) is 11.8. The van der Waals surface area contributed by atoms with Crippen molar-refractivity contribution in [3.05, 3.63) is 35.4 Å². The second kappa shape index (κ2) is 9.16. The lowest BCUT2D eigenvalue weighted by Crippen LogP contribution is -2.29. The highest BCUT2D eigenvalue weighted by molar-refractivity contribution is 7.91. The van der Waals surface area contributed by atoms with Gasteiger partial charge in [0.1, 0.15) is 5.78 Å². The molecule has 1 aromatic carbocycles. The number of Topliss-reactive ketones (excluding diaryl/α,β-unsaturated/α-hetero) is 1. The van der Waals surface area contributed by atoms with Gasteiger partial charge in [-0.1, -0.05) is 38.1 Å². The molecule has 1 saturated carbocycles. The number of carbonyl (C=O) groups is 1. The first-order valence-electron chi connectivity index (χ1n) is 10.1. The van der Waals surface area contributed by atoms with E-state index in [-0.39, 0.29) is 22.8 Å². The Bertz CT molecular complexity index is 681. The SMILES string of the molecule is CCC(C)c1ccc(CC(=O)C2CCC(CS(=O)(=O)C(C)C)CC2)cc1. The lowest BCUT2D eigenvalue weighted by molar-refractivity contribution is -0.123. The fourth-order valence-corrected chi connectivity index (χ4v) is 5.09. The minimum absolute atomic E-state index is 0.0993. The van der Waals surface area contributed by atoms with Crippen LogP contribution < -0.4 is 0 Å². The van der Waals surface area contributed by atoms with Gasteiger partial charge in [-0.3, -0.25) is 4.79 Å². The molecule has 2 rings (SSSR count). The number of carbonyl (C=O) groups excluding carboxylic acids is 1. The van der Waals surface area contributed by atoms with Gasteiger partial charge in [-0.2, -0.15) is 0 Å². The van der Waals surface area contributed by atoms with E-state index in [0.717, 1.165) is 37.7 Å².